The largest absolute Gasteiger partial charge is 0.398 e. The Hall–Kier alpha value is -1.69. The summed E-state index contributed by atoms with van der Waals surface area (Å²) in [6, 6.07) is 1.68. The molecule has 1 heterocycles. The van der Waals surface area contributed by atoms with Crippen LogP contribution in [0.4, 0.5) is 14.5 Å². The van der Waals surface area contributed by atoms with Crippen LogP contribution >= 0.6 is 0 Å². The van der Waals surface area contributed by atoms with Crippen LogP contribution in [0.2, 0.25) is 0 Å². The molecule has 0 radical (unpaired) electrons. The Balaban J connectivity index is 2.25. The van der Waals surface area contributed by atoms with Crippen LogP contribution in [0, 0.1) is 11.6 Å². The van der Waals surface area contributed by atoms with E-state index >= 15 is 0 Å². The maximum atomic E-state index is 13.2. The number of benzene rings is 1. The number of carbonyl (C=O) groups is 1. The first-order valence-corrected chi connectivity index (χ1v) is 6.14. The lowest BCUT2D eigenvalue weighted by Crippen LogP contribution is -2.36. The number of hydrogen-bond acceptors (Lipinski definition) is 3. The van der Waals surface area contributed by atoms with Crippen molar-refractivity contribution in [1.82, 2.24) is 4.90 Å². The Morgan fingerprint density at radius 2 is 2.11 bits per heavy atom. The third-order valence-corrected chi connectivity index (χ3v) is 3.06. The molecule has 2 N–H and O–H groups in total. The number of ether oxygens (including phenoxy) is 1. The molecule has 6 heteroatoms. The molecule has 0 aliphatic carbocycles. The highest BCUT2D eigenvalue weighted by molar-refractivity contribution is 5.99. The van der Waals surface area contributed by atoms with Gasteiger partial charge in [0, 0.05) is 31.5 Å². The SMILES string of the molecule is CC1CN(C(=O)c2cc(F)c(F)cc2N)CCCO1. The second-order valence-electron chi connectivity index (χ2n) is 4.64. The van der Waals surface area contributed by atoms with Crippen molar-refractivity contribution >= 4 is 11.6 Å². The molecule has 0 saturated carbocycles. The lowest BCUT2D eigenvalue weighted by atomic mass is 10.1. The maximum absolute atomic E-state index is 13.2. The van der Waals surface area contributed by atoms with Crippen molar-refractivity contribution in [2.24, 2.45) is 0 Å². The van der Waals surface area contributed by atoms with Gasteiger partial charge < -0.3 is 15.4 Å². The molecular formula is C13H16F2N2O2. The summed E-state index contributed by atoms with van der Waals surface area (Å²) < 4.78 is 31.6. The van der Waals surface area contributed by atoms with E-state index in [0.29, 0.717) is 26.1 Å². The van der Waals surface area contributed by atoms with Crippen LogP contribution in [-0.4, -0.2) is 36.6 Å². The van der Waals surface area contributed by atoms with Gasteiger partial charge in [0.05, 0.1) is 11.7 Å². The second-order valence-corrected chi connectivity index (χ2v) is 4.64. The summed E-state index contributed by atoms with van der Waals surface area (Å²) in [7, 11) is 0. The van der Waals surface area contributed by atoms with Crippen molar-refractivity contribution in [1.29, 1.82) is 0 Å². The van der Waals surface area contributed by atoms with Gasteiger partial charge in [0.1, 0.15) is 0 Å². The van der Waals surface area contributed by atoms with Crippen LogP contribution < -0.4 is 5.73 Å². The third kappa shape index (κ3) is 3.01. The maximum Gasteiger partial charge on any atom is 0.256 e. The van der Waals surface area contributed by atoms with E-state index in [9.17, 15) is 13.6 Å². The van der Waals surface area contributed by atoms with E-state index in [1.165, 1.54) is 0 Å². The fraction of sp³-hybridized carbons (Fsp3) is 0.462. The minimum Gasteiger partial charge on any atom is -0.398 e. The van der Waals surface area contributed by atoms with Crippen LogP contribution in [0.25, 0.3) is 0 Å². The average molecular weight is 270 g/mol. The van der Waals surface area contributed by atoms with Crippen molar-refractivity contribution in [3.05, 3.63) is 29.3 Å². The van der Waals surface area contributed by atoms with Gasteiger partial charge in [0.15, 0.2) is 11.6 Å². The number of hydrogen-bond donors (Lipinski definition) is 1. The molecule has 0 spiro atoms. The third-order valence-electron chi connectivity index (χ3n) is 3.06. The van der Waals surface area contributed by atoms with Crippen LogP contribution in [-0.2, 0) is 4.74 Å². The van der Waals surface area contributed by atoms with Gasteiger partial charge in [-0.2, -0.15) is 0 Å². The van der Waals surface area contributed by atoms with E-state index in [0.717, 1.165) is 12.1 Å². The van der Waals surface area contributed by atoms with Crippen molar-refractivity contribution in [2.45, 2.75) is 19.4 Å². The molecule has 104 valence electrons. The standard InChI is InChI=1S/C13H16F2N2O2/c1-8-7-17(3-2-4-19-8)13(18)9-5-10(14)11(15)6-12(9)16/h5-6,8H,2-4,7,16H2,1H3. The van der Waals surface area contributed by atoms with Crippen molar-refractivity contribution in [3.8, 4) is 0 Å². The topological polar surface area (TPSA) is 55.6 Å². The summed E-state index contributed by atoms with van der Waals surface area (Å²) in [5.41, 5.74) is 5.53. The van der Waals surface area contributed by atoms with Gasteiger partial charge in [0.25, 0.3) is 5.91 Å². The number of anilines is 1. The predicted molar refractivity (Wildman–Crippen MR) is 66.7 cm³/mol. The first kappa shape index (κ1) is 13.7. The van der Waals surface area contributed by atoms with Crippen LogP contribution in [0.15, 0.2) is 12.1 Å². The molecule has 1 amide bonds. The highest BCUT2D eigenvalue weighted by Gasteiger charge is 2.23. The minimum absolute atomic E-state index is 0.00648. The molecule has 1 aromatic rings. The zero-order chi connectivity index (χ0) is 14.0. The zero-order valence-corrected chi connectivity index (χ0v) is 10.7. The molecule has 1 aromatic carbocycles. The molecule has 0 bridgehead atoms. The smallest absolute Gasteiger partial charge is 0.256 e. The molecule has 1 aliphatic rings. The Bertz CT molecular complexity index is 494. The summed E-state index contributed by atoms with van der Waals surface area (Å²) in [6.07, 6.45) is 0.623. The summed E-state index contributed by atoms with van der Waals surface area (Å²) in [6.45, 7) is 3.37. The Morgan fingerprint density at radius 1 is 1.42 bits per heavy atom. The molecular weight excluding hydrogens is 254 g/mol. The number of rotatable bonds is 1. The molecule has 4 nitrogen and oxygen atoms in total. The predicted octanol–water partition coefficient (Wildman–Crippen LogP) is 1.80. The lowest BCUT2D eigenvalue weighted by Gasteiger charge is -2.22. The number of nitrogens with zero attached hydrogens (tertiary/aromatic N) is 1. The Morgan fingerprint density at radius 3 is 2.84 bits per heavy atom. The molecule has 19 heavy (non-hydrogen) atoms. The summed E-state index contributed by atoms with van der Waals surface area (Å²) in [5.74, 6) is -2.52. The van der Waals surface area contributed by atoms with Crippen LogP contribution in [0.3, 0.4) is 0 Å². The van der Waals surface area contributed by atoms with Crippen molar-refractivity contribution < 1.29 is 18.3 Å². The number of carbonyl (C=O) groups excluding carboxylic acids is 1. The van der Waals surface area contributed by atoms with Gasteiger partial charge >= 0.3 is 0 Å². The molecule has 2 rings (SSSR count). The average Bonchev–Trinajstić information content (AvgIpc) is 2.58. The molecule has 1 aliphatic heterocycles. The van der Waals surface area contributed by atoms with Crippen molar-refractivity contribution in [2.75, 3.05) is 25.4 Å². The summed E-state index contributed by atoms with van der Waals surface area (Å²) in [4.78, 5) is 13.8. The molecule has 1 fully saturated rings. The van der Waals surface area contributed by atoms with E-state index in [1.54, 1.807) is 4.90 Å². The number of nitrogen functional groups attached to an aromatic ring is 1. The second kappa shape index (κ2) is 5.52. The van der Waals surface area contributed by atoms with Crippen LogP contribution in [0.1, 0.15) is 23.7 Å². The number of amides is 1. The van der Waals surface area contributed by atoms with Crippen molar-refractivity contribution in [3.63, 3.8) is 0 Å². The molecule has 0 aromatic heterocycles. The van der Waals surface area contributed by atoms with Gasteiger partial charge in [0.2, 0.25) is 0 Å². The normalized spacial score (nSPS) is 20.2. The fourth-order valence-corrected chi connectivity index (χ4v) is 2.10. The van der Waals surface area contributed by atoms with Gasteiger partial charge in [-0.15, -0.1) is 0 Å². The first-order valence-electron chi connectivity index (χ1n) is 6.14. The minimum atomic E-state index is -1.07. The highest BCUT2D eigenvalue weighted by atomic mass is 19.2. The summed E-state index contributed by atoms with van der Waals surface area (Å²) in [5, 5.41) is 0. The Kier molecular flexibility index (Phi) is 3.99. The summed E-state index contributed by atoms with van der Waals surface area (Å²) >= 11 is 0. The lowest BCUT2D eigenvalue weighted by molar-refractivity contribution is 0.0563. The first-order chi connectivity index (χ1) is 8.99. The van der Waals surface area contributed by atoms with Gasteiger partial charge in [-0.3, -0.25) is 4.79 Å². The fourth-order valence-electron chi connectivity index (χ4n) is 2.10. The quantitative estimate of drug-likeness (QED) is 0.792. The zero-order valence-electron chi connectivity index (χ0n) is 10.7. The Labute approximate surface area is 110 Å². The molecule has 1 atom stereocenters. The number of nitrogens with two attached hydrogens (primary N) is 1. The van der Waals surface area contributed by atoms with Gasteiger partial charge in [-0.1, -0.05) is 0 Å². The number of halogens is 2. The monoisotopic (exact) mass is 270 g/mol. The van der Waals surface area contributed by atoms with E-state index in [-0.39, 0.29) is 17.4 Å². The van der Waals surface area contributed by atoms with E-state index < -0.39 is 17.5 Å². The molecule has 1 saturated heterocycles. The van der Waals surface area contributed by atoms with E-state index in [2.05, 4.69) is 0 Å². The van der Waals surface area contributed by atoms with E-state index in [1.807, 2.05) is 6.92 Å². The highest BCUT2D eigenvalue weighted by Crippen LogP contribution is 2.20. The van der Waals surface area contributed by atoms with E-state index in [4.69, 9.17) is 10.5 Å². The van der Waals surface area contributed by atoms with Gasteiger partial charge in [-0.25, -0.2) is 8.78 Å². The van der Waals surface area contributed by atoms with Gasteiger partial charge in [-0.05, 0) is 19.4 Å². The molecule has 1 unspecified atom stereocenters. The van der Waals surface area contributed by atoms with Crippen LogP contribution in [0.5, 0.6) is 0 Å².